The standard InChI is InChI=1S/C16H15ClF2N2O/c1-10(11-5-7-12(17)8-6-11)21-15(22)9-20-16-13(18)3-2-4-14(16)19/h2-8,10,20H,9H2,1H3,(H,21,22). The molecular formula is C16H15ClF2N2O. The van der Waals surface area contributed by atoms with Gasteiger partial charge in [-0.15, -0.1) is 0 Å². The first-order valence-corrected chi connectivity index (χ1v) is 7.08. The Bertz CT molecular complexity index is 641. The van der Waals surface area contributed by atoms with Gasteiger partial charge in [-0.2, -0.15) is 0 Å². The first-order chi connectivity index (χ1) is 10.5. The van der Waals surface area contributed by atoms with Crippen LogP contribution in [0, 0.1) is 11.6 Å². The summed E-state index contributed by atoms with van der Waals surface area (Å²) in [5, 5.41) is 5.81. The van der Waals surface area contributed by atoms with Crippen LogP contribution >= 0.6 is 11.6 Å². The highest BCUT2D eigenvalue weighted by Crippen LogP contribution is 2.18. The van der Waals surface area contributed by atoms with Crippen LogP contribution in [-0.2, 0) is 4.79 Å². The third-order valence-corrected chi connectivity index (χ3v) is 3.39. The van der Waals surface area contributed by atoms with Gasteiger partial charge in [0.05, 0.1) is 12.6 Å². The zero-order chi connectivity index (χ0) is 16.1. The normalized spacial score (nSPS) is 11.8. The zero-order valence-corrected chi connectivity index (χ0v) is 12.6. The Morgan fingerprint density at radius 1 is 1.14 bits per heavy atom. The molecular weight excluding hydrogens is 310 g/mol. The van der Waals surface area contributed by atoms with E-state index in [0.717, 1.165) is 17.7 Å². The highest BCUT2D eigenvalue weighted by atomic mass is 35.5. The molecule has 116 valence electrons. The Kier molecular flexibility index (Phi) is 5.33. The van der Waals surface area contributed by atoms with Gasteiger partial charge < -0.3 is 10.6 Å². The van der Waals surface area contributed by atoms with Gasteiger partial charge in [-0.25, -0.2) is 8.78 Å². The van der Waals surface area contributed by atoms with Gasteiger partial charge in [-0.05, 0) is 36.8 Å². The summed E-state index contributed by atoms with van der Waals surface area (Å²) < 4.78 is 26.8. The van der Waals surface area contributed by atoms with Gasteiger partial charge in [-0.1, -0.05) is 29.8 Å². The van der Waals surface area contributed by atoms with E-state index in [0.29, 0.717) is 5.02 Å². The van der Waals surface area contributed by atoms with Crippen molar-refractivity contribution in [1.82, 2.24) is 5.32 Å². The van der Waals surface area contributed by atoms with Gasteiger partial charge in [0.25, 0.3) is 0 Å². The summed E-state index contributed by atoms with van der Waals surface area (Å²) in [4.78, 5) is 11.8. The molecule has 0 aliphatic carbocycles. The van der Waals surface area contributed by atoms with Crippen molar-refractivity contribution in [3.8, 4) is 0 Å². The molecule has 2 aromatic rings. The smallest absolute Gasteiger partial charge is 0.239 e. The van der Waals surface area contributed by atoms with Crippen LogP contribution in [0.25, 0.3) is 0 Å². The maximum Gasteiger partial charge on any atom is 0.239 e. The van der Waals surface area contributed by atoms with Crippen molar-refractivity contribution in [1.29, 1.82) is 0 Å². The number of nitrogens with one attached hydrogen (secondary N) is 2. The number of hydrogen-bond acceptors (Lipinski definition) is 2. The van der Waals surface area contributed by atoms with Crippen LogP contribution in [0.2, 0.25) is 5.02 Å². The van der Waals surface area contributed by atoms with Crippen molar-refractivity contribution in [3.05, 3.63) is 64.7 Å². The van der Waals surface area contributed by atoms with E-state index in [-0.39, 0.29) is 24.2 Å². The van der Waals surface area contributed by atoms with E-state index in [2.05, 4.69) is 10.6 Å². The average Bonchev–Trinajstić information content (AvgIpc) is 2.47. The number of hydrogen-bond donors (Lipinski definition) is 2. The zero-order valence-electron chi connectivity index (χ0n) is 11.9. The van der Waals surface area contributed by atoms with Crippen LogP contribution in [0.1, 0.15) is 18.5 Å². The molecule has 0 saturated carbocycles. The van der Waals surface area contributed by atoms with Crippen LogP contribution in [0.15, 0.2) is 42.5 Å². The first kappa shape index (κ1) is 16.2. The SMILES string of the molecule is CC(NC(=O)CNc1c(F)cccc1F)c1ccc(Cl)cc1. The number of carbonyl (C=O) groups excluding carboxylic acids is 1. The number of carbonyl (C=O) groups is 1. The summed E-state index contributed by atoms with van der Waals surface area (Å²) >= 11 is 5.80. The second-order valence-electron chi connectivity index (χ2n) is 4.79. The Morgan fingerprint density at radius 2 is 1.73 bits per heavy atom. The Labute approximate surface area is 132 Å². The summed E-state index contributed by atoms with van der Waals surface area (Å²) in [7, 11) is 0. The Balaban J connectivity index is 1.91. The van der Waals surface area contributed by atoms with E-state index in [1.807, 2.05) is 6.92 Å². The van der Waals surface area contributed by atoms with E-state index in [4.69, 9.17) is 11.6 Å². The van der Waals surface area contributed by atoms with E-state index >= 15 is 0 Å². The largest absolute Gasteiger partial charge is 0.371 e. The maximum atomic E-state index is 13.4. The van der Waals surface area contributed by atoms with Crippen LogP contribution < -0.4 is 10.6 Å². The third-order valence-electron chi connectivity index (χ3n) is 3.14. The van der Waals surface area contributed by atoms with Crippen molar-refractivity contribution in [2.24, 2.45) is 0 Å². The lowest BCUT2D eigenvalue weighted by Gasteiger charge is -2.15. The number of benzene rings is 2. The number of para-hydroxylation sites is 1. The molecule has 0 aromatic heterocycles. The van der Waals surface area contributed by atoms with Gasteiger partial charge in [0.1, 0.15) is 17.3 Å². The summed E-state index contributed by atoms with van der Waals surface area (Å²) in [6.45, 7) is 1.58. The van der Waals surface area contributed by atoms with Crippen molar-refractivity contribution in [3.63, 3.8) is 0 Å². The summed E-state index contributed by atoms with van der Waals surface area (Å²) in [5.74, 6) is -1.85. The van der Waals surface area contributed by atoms with Crippen molar-refractivity contribution < 1.29 is 13.6 Å². The molecule has 2 N–H and O–H groups in total. The minimum atomic E-state index is -0.737. The molecule has 3 nitrogen and oxygen atoms in total. The highest BCUT2D eigenvalue weighted by Gasteiger charge is 2.12. The molecule has 1 atom stereocenters. The quantitative estimate of drug-likeness (QED) is 0.875. The number of halogens is 3. The number of anilines is 1. The fourth-order valence-electron chi connectivity index (χ4n) is 1.96. The lowest BCUT2D eigenvalue weighted by atomic mass is 10.1. The molecule has 0 bridgehead atoms. The molecule has 1 unspecified atom stereocenters. The summed E-state index contributed by atoms with van der Waals surface area (Å²) in [5.41, 5.74) is 0.576. The molecule has 0 heterocycles. The molecule has 0 aliphatic rings. The van der Waals surface area contributed by atoms with Gasteiger partial charge in [0.15, 0.2) is 0 Å². The van der Waals surface area contributed by atoms with Crippen LogP contribution in [0.4, 0.5) is 14.5 Å². The Morgan fingerprint density at radius 3 is 2.32 bits per heavy atom. The molecule has 0 aliphatic heterocycles. The topological polar surface area (TPSA) is 41.1 Å². The molecule has 2 aromatic carbocycles. The van der Waals surface area contributed by atoms with Gasteiger partial charge in [0, 0.05) is 5.02 Å². The lowest BCUT2D eigenvalue weighted by molar-refractivity contribution is -0.120. The van der Waals surface area contributed by atoms with Gasteiger partial charge in [0.2, 0.25) is 5.91 Å². The van der Waals surface area contributed by atoms with Gasteiger partial charge in [-0.3, -0.25) is 4.79 Å². The van der Waals surface area contributed by atoms with Crippen molar-refractivity contribution in [2.75, 3.05) is 11.9 Å². The molecule has 1 amide bonds. The van der Waals surface area contributed by atoms with Crippen LogP contribution in [0.5, 0.6) is 0 Å². The fraction of sp³-hybridized carbons (Fsp3) is 0.188. The molecule has 0 radical (unpaired) electrons. The molecule has 6 heteroatoms. The van der Waals surface area contributed by atoms with Crippen LogP contribution in [0.3, 0.4) is 0 Å². The first-order valence-electron chi connectivity index (χ1n) is 6.70. The molecule has 2 rings (SSSR count). The molecule has 22 heavy (non-hydrogen) atoms. The van der Waals surface area contributed by atoms with Gasteiger partial charge >= 0.3 is 0 Å². The average molecular weight is 325 g/mol. The maximum absolute atomic E-state index is 13.4. The number of rotatable bonds is 5. The minimum absolute atomic E-state index is 0.226. The van der Waals surface area contributed by atoms with Crippen LogP contribution in [-0.4, -0.2) is 12.5 Å². The predicted molar refractivity (Wildman–Crippen MR) is 82.9 cm³/mol. The Hall–Kier alpha value is -2.14. The number of amides is 1. The van der Waals surface area contributed by atoms with E-state index in [1.165, 1.54) is 6.07 Å². The molecule has 0 fully saturated rings. The minimum Gasteiger partial charge on any atom is -0.371 e. The second kappa shape index (κ2) is 7.22. The highest BCUT2D eigenvalue weighted by molar-refractivity contribution is 6.30. The monoisotopic (exact) mass is 324 g/mol. The molecule has 0 spiro atoms. The lowest BCUT2D eigenvalue weighted by Crippen LogP contribution is -2.32. The van der Waals surface area contributed by atoms with Crippen molar-refractivity contribution >= 4 is 23.2 Å². The van der Waals surface area contributed by atoms with E-state index in [9.17, 15) is 13.6 Å². The molecule has 0 saturated heterocycles. The predicted octanol–water partition coefficient (Wildman–Crippen LogP) is 3.91. The van der Waals surface area contributed by atoms with E-state index < -0.39 is 11.6 Å². The fourth-order valence-corrected chi connectivity index (χ4v) is 2.09. The second-order valence-corrected chi connectivity index (χ2v) is 5.23. The third kappa shape index (κ3) is 4.18. The van der Waals surface area contributed by atoms with E-state index in [1.54, 1.807) is 24.3 Å². The summed E-state index contributed by atoms with van der Waals surface area (Å²) in [6.07, 6.45) is 0. The summed E-state index contributed by atoms with van der Waals surface area (Å²) in [6, 6.07) is 10.3. The van der Waals surface area contributed by atoms with Crippen molar-refractivity contribution in [2.45, 2.75) is 13.0 Å².